The van der Waals surface area contributed by atoms with E-state index in [1.54, 1.807) is 30.3 Å². The van der Waals surface area contributed by atoms with Crippen LogP contribution in [-0.4, -0.2) is 25.5 Å². The van der Waals surface area contributed by atoms with Crippen LogP contribution in [0.2, 0.25) is 0 Å². The number of carbonyl (C=O) groups is 1. The van der Waals surface area contributed by atoms with Crippen LogP contribution in [0.3, 0.4) is 0 Å². The van der Waals surface area contributed by atoms with Crippen molar-refractivity contribution in [1.29, 1.82) is 0 Å². The number of benzene rings is 2. The fraction of sp³-hybridized carbons (Fsp3) is 0.235. The van der Waals surface area contributed by atoms with Gasteiger partial charge in [0.25, 0.3) is 10.0 Å². The maximum atomic E-state index is 13.0. The van der Waals surface area contributed by atoms with Crippen LogP contribution in [0.5, 0.6) is 0 Å². The molecule has 0 bridgehead atoms. The molecular formula is C17H19NO4S. The van der Waals surface area contributed by atoms with E-state index in [1.165, 1.54) is 19.1 Å². The molecule has 2 aromatic rings. The van der Waals surface area contributed by atoms with Crippen molar-refractivity contribution in [3.8, 4) is 0 Å². The molecule has 5 nitrogen and oxygen atoms in total. The van der Waals surface area contributed by atoms with E-state index in [1.807, 2.05) is 19.9 Å². The normalized spacial score (nSPS) is 12.7. The maximum absolute atomic E-state index is 13.0. The van der Waals surface area contributed by atoms with Crippen molar-refractivity contribution in [2.24, 2.45) is 0 Å². The molecule has 2 rings (SSSR count). The van der Waals surface area contributed by atoms with Gasteiger partial charge in [0.1, 0.15) is 6.04 Å². The first kappa shape index (κ1) is 17.0. The molecule has 23 heavy (non-hydrogen) atoms. The van der Waals surface area contributed by atoms with Crippen LogP contribution in [0.25, 0.3) is 0 Å². The zero-order chi connectivity index (χ0) is 17.2. The molecule has 1 N–H and O–H groups in total. The lowest BCUT2D eigenvalue weighted by molar-refractivity contribution is -0.137. The van der Waals surface area contributed by atoms with Gasteiger partial charge < -0.3 is 5.11 Å². The zero-order valence-electron chi connectivity index (χ0n) is 13.2. The van der Waals surface area contributed by atoms with Crippen LogP contribution >= 0.6 is 0 Å². The predicted molar refractivity (Wildman–Crippen MR) is 89.1 cm³/mol. The third-order valence-electron chi connectivity index (χ3n) is 3.47. The number of aryl methyl sites for hydroxylation is 2. The highest BCUT2D eigenvalue weighted by molar-refractivity contribution is 7.92. The van der Waals surface area contributed by atoms with Gasteiger partial charge in [0.05, 0.1) is 10.6 Å². The summed E-state index contributed by atoms with van der Waals surface area (Å²) in [5.74, 6) is -1.20. The molecule has 0 saturated carbocycles. The molecule has 122 valence electrons. The van der Waals surface area contributed by atoms with Crippen molar-refractivity contribution in [2.75, 3.05) is 4.31 Å². The fourth-order valence-corrected chi connectivity index (χ4v) is 4.07. The van der Waals surface area contributed by atoms with E-state index in [0.717, 1.165) is 15.4 Å². The average molecular weight is 333 g/mol. The number of nitrogens with zero attached hydrogens (tertiary/aromatic N) is 1. The Balaban J connectivity index is 2.66. The van der Waals surface area contributed by atoms with Gasteiger partial charge in [-0.3, -0.25) is 4.31 Å². The Labute approximate surface area is 136 Å². The van der Waals surface area contributed by atoms with E-state index in [0.29, 0.717) is 5.69 Å². The van der Waals surface area contributed by atoms with Gasteiger partial charge in [-0.05, 0) is 56.2 Å². The van der Waals surface area contributed by atoms with E-state index >= 15 is 0 Å². The van der Waals surface area contributed by atoms with Crippen LogP contribution in [-0.2, 0) is 14.8 Å². The second-order valence-electron chi connectivity index (χ2n) is 5.47. The first-order valence-electron chi connectivity index (χ1n) is 7.14. The number of carboxylic acids is 1. The monoisotopic (exact) mass is 333 g/mol. The van der Waals surface area contributed by atoms with Gasteiger partial charge in [0, 0.05) is 0 Å². The standard InChI is InChI=1S/C17H19NO4S/c1-12-9-13(2)11-15(10-12)18(14(3)17(19)20)23(21,22)16-7-5-4-6-8-16/h4-11,14H,1-3H3,(H,19,20). The summed E-state index contributed by atoms with van der Waals surface area (Å²) in [5, 5.41) is 9.36. The molecule has 0 aliphatic rings. The van der Waals surface area contributed by atoms with Crippen LogP contribution in [0.15, 0.2) is 53.4 Å². The van der Waals surface area contributed by atoms with E-state index in [-0.39, 0.29) is 4.90 Å². The van der Waals surface area contributed by atoms with Crippen molar-refractivity contribution in [2.45, 2.75) is 31.7 Å². The lowest BCUT2D eigenvalue weighted by atomic mass is 10.1. The summed E-state index contributed by atoms with van der Waals surface area (Å²) in [6.45, 7) is 5.05. The van der Waals surface area contributed by atoms with Gasteiger partial charge in [0.15, 0.2) is 0 Å². The predicted octanol–water partition coefficient (Wildman–Crippen LogP) is 2.97. The van der Waals surface area contributed by atoms with Crippen molar-refractivity contribution in [3.05, 3.63) is 59.7 Å². The lowest BCUT2D eigenvalue weighted by Gasteiger charge is -2.28. The third-order valence-corrected chi connectivity index (χ3v) is 5.38. The van der Waals surface area contributed by atoms with Crippen LogP contribution in [0.4, 0.5) is 5.69 Å². The Hall–Kier alpha value is -2.34. The van der Waals surface area contributed by atoms with Crippen molar-refractivity contribution in [3.63, 3.8) is 0 Å². The Morgan fingerprint density at radius 1 is 1.04 bits per heavy atom. The van der Waals surface area contributed by atoms with Gasteiger partial charge in [-0.2, -0.15) is 0 Å². The molecular weight excluding hydrogens is 314 g/mol. The first-order chi connectivity index (χ1) is 10.7. The van der Waals surface area contributed by atoms with E-state index in [4.69, 9.17) is 0 Å². The summed E-state index contributed by atoms with van der Waals surface area (Å²) in [6, 6.07) is 11.9. The molecule has 0 fully saturated rings. The molecule has 6 heteroatoms. The molecule has 0 aliphatic carbocycles. The summed E-state index contributed by atoms with van der Waals surface area (Å²) >= 11 is 0. The number of hydrogen-bond acceptors (Lipinski definition) is 3. The Morgan fingerprint density at radius 3 is 2.04 bits per heavy atom. The average Bonchev–Trinajstić information content (AvgIpc) is 2.47. The Kier molecular flexibility index (Phi) is 4.75. The number of anilines is 1. The van der Waals surface area contributed by atoms with Gasteiger partial charge >= 0.3 is 5.97 Å². The Bertz CT molecular complexity index is 795. The SMILES string of the molecule is Cc1cc(C)cc(N(C(C)C(=O)O)S(=O)(=O)c2ccccc2)c1. The van der Waals surface area contributed by atoms with E-state index in [9.17, 15) is 18.3 Å². The topological polar surface area (TPSA) is 74.7 Å². The number of hydrogen-bond donors (Lipinski definition) is 1. The summed E-state index contributed by atoms with van der Waals surface area (Å²) in [4.78, 5) is 11.5. The van der Waals surface area contributed by atoms with E-state index < -0.39 is 22.0 Å². The molecule has 2 aromatic carbocycles. The highest BCUT2D eigenvalue weighted by Gasteiger charge is 2.33. The minimum absolute atomic E-state index is 0.0623. The van der Waals surface area contributed by atoms with Crippen molar-refractivity contribution < 1.29 is 18.3 Å². The molecule has 0 aliphatic heterocycles. The third kappa shape index (κ3) is 3.53. The van der Waals surface area contributed by atoms with Gasteiger partial charge in [-0.1, -0.05) is 24.3 Å². The van der Waals surface area contributed by atoms with Crippen LogP contribution in [0.1, 0.15) is 18.1 Å². The molecule has 0 heterocycles. The molecule has 0 spiro atoms. The van der Waals surface area contributed by atoms with Crippen molar-refractivity contribution in [1.82, 2.24) is 0 Å². The van der Waals surface area contributed by atoms with Gasteiger partial charge in [-0.15, -0.1) is 0 Å². The second kappa shape index (κ2) is 6.42. The highest BCUT2D eigenvalue weighted by Crippen LogP contribution is 2.28. The quantitative estimate of drug-likeness (QED) is 0.913. The molecule has 0 aromatic heterocycles. The number of carboxylic acid groups (broad SMARTS) is 1. The zero-order valence-corrected chi connectivity index (χ0v) is 14.0. The minimum atomic E-state index is -3.98. The van der Waals surface area contributed by atoms with Crippen LogP contribution in [0, 0.1) is 13.8 Å². The lowest BCUT2D eigenvalue weighted by Crippen LogP contribution is -2.43. The molecule has 0 amide bonds. The molecule has 0 radical (unpaired) electrons. The molecule has 0 saturated heterocycles. The number of aliphatic carboxylic acids is 1. The highest BCUT2D eigenvalue weighted by atomic mass is 32.2. The van der Waals surface area contributed by atoms with Crippen LogP contribution < -0.4 is 4.31 Å². The number of sulfonamides is 1. The van der Waals surface area contributed by atoms with E-state index in [2.05, 4.69) is 0 Å². The van der Waals surface area contributed by atoms with Gasteiger partial charge in [0.2, 0.25) is 0 Å². The molecule has 1 atom stereocenters. The number of rotatable bonds is 5. The first-order valence-corrected chi connectivity index (χ1v) is 8.58. The van der Waals surface area contributed by atoms with Crippen molar-refractivity contribution >= 4 is 21.7 Å². The smallest absolute Gasteiger partial charge is 0.327 e. The molecule has 1 unspecified atom stereocenters. The summed E-state index contributed by atoms with van der Waals surface area (Å²) < 4.78 is 26.9. The minimum Gasteiger partial charge on any atom is -0.480 e. The van der Waals surface area contributed by atoms with Gasteiger partial charge in [-0.25, -0.2) is 13.2 Å². The second-order valence-corrected chi connectivity index (χ2v) is 7.29. The summed E-state index contributed by atoms with van der Waals surface area (Å²) in [7, 11) is -3.98. The Morgan fingerprint density at radius 2 is 1.57 bits per heavy atom. The fourth-order valence-electron chi connectivity index (χ4n) is 2.45. The maximum Gasteiger partial charge on any atom is 0.327 e. The summed E-state index contributed by atoms with van der Waals surface area (Å²) in [6.07, 6.45) is 0. The largest absolute Gasteiger partial charge is 0.480 e. The summed E-state index contributed by atoms with van der Waals surface area (Å²) in [5.41, 5.74) is 2.08.